The average Bonchev–Trinajstić information content (AvgIpc) is 2.68. The van der Waals surface area contributed by atoms with Crippen molar-refractivity contribution >= 4 is 35.1 Å². The fraction of sp³-hybridized carbons (Fsp3) is 0.143. The zero-order chi connectivity index (χ0) is 18.4. The number of thioether (sulfide) groups is 2. The van der Waals surface area contributed by atoms with Gasteiger partial charge in [0, 0.05) is 14.8 Å². The molecule has 0 fully saturated rings. The molecule has 0 atom stereocenters. The molecule has 0 saturated carbocycles. The normalized spacial score (nSPS) is 10.8. The van der Waals surface area contributed by atoms with Crippen LogP contribution in [0.2, 0.25) is 5.02 Å². The third-order valence-corrected chi connectivity index (χ3v) is 6.56. The molecular formula is C21H19ClO2S2. The van der Waals surface area contributed by atoms with E-state index in [0.717, 1.165) is 26.3 Å². The highest BCUT2D eigenvalue weighted by Gasteiger charge is 2.16. The highest BCUT2D eigenvalue weighted by atomic mass is 35.5. The summed E-state index contributed by atoms with van der Waals surface area (Å²) in [7, 11) is 3.37. The molecule has 0 heterocycles. The van der Waals surface area contributed by atoms with Gasteiger partial charge in [-0.05, 0) is 54.1 Å². The van der Waals surface area contributed by atoms with E-state index in [4.69, 9.17) is 21.1 Å². The third-order valence-electron chi connectivity index (χ3n) is 3.71. The minimum Gasteiger partial charge on any atom is -0.497 e. The lowest BCUT2D eigenvalue weighted by molar-refractivity contribution is 0.413. The highest BCUT2D eigenvalue weighted by molar-refractivity contribution is 8.16. The molecule has 0 bridgehead atoms. The Kier molecular flexibility index (Phi) is 6.78. The number of benzene rings is 3. The van der Waals surface area contributed by atoms with E-state index in [9.17, 15) is 0 Å². The van der Waals surface area contributed by atoms with Crippen LogP contribution in [0.5, 0.6) is 11.5 Å². The lowest BCUT2D eigenvalue weighted by atomic mass is 10.2. The second kappa shape index (κ2) is 9.26. The van der Waals surface area contributed by atoms with E-state index in [1.165, 1.54) is 5.56 Å². The zero-order valence-corrected chi connectivity index (χ0v) is 16.9. The van der Waals surface area contributed by atoms with Crippen LogP contribution >= 0.6 is 35.1 Å². The van der Waals surface area contributed by atoms with Crippen LogP contribution in [-0.4, -0.2) is 14.2 Å². The summed E-state index contributed by atoms with van der Waals surface area (Å²) in [6.07, 6.45) is 0. The monoisotopic (exact) mass is 402 g/mol. The third kappa shape index (κ3) is 5.13. The van der Waals surface area contributed by atoms with Crippen LogP contribution in [0.15, 0.2) is 82.6 Å². The van der Waals surface area contributed by atoms with Crippen LogP contribution in [0.25, 0.3) is 0 Å². The standard InChI is InChI=1S/C21H19ClO2S2/c1-23-17-5-3-7-19(13-17)25-21(15-9-11-16(22)12-10-15)26-20-8-4-6-18(14-20)24-2/h3-14,21H,1-2H3. The first-order chi connectivity index (χ1) is 12.7. The molecule has 26 heavy (non-hydrogen) atoms. The van der Waals surface area contributed by atoms with Crippen molar-refractivity contribution in [3.8, 4) is 11.5 Å². The molecule has 3 aromatic carbocycles. The van der Waals surface area contributed by atoms with Crippen molar-refractivity contribution in [1.82, 2.24) is 0 Å². The van der Waals surface area contributed by atoms with Crippen molar-refractivity contribution in [2.45, 2.75) is 14.4 Å². The summed E-state index contributed by atoms with van der Waals surface area (Å²) in [6, 6.07) is 24.3. The molecule has 134 valence electrons. The van der Waals surface area contributed by atoms with Gasteiger partial charge in [0.05, 0.1) is 18.8 Å². The molecule has 0 unspecified atom stereocenters. The Morgan fingerprint density at radius 2 is 1.23 bits per heavy atom. The van der Waals surface area contributed by atoms with Crippen molar-refractivity contribution in [3.05, 3.63) is 83.4 Å². The number of hydrogen-bond donors (Lipinski definition) is 0. The van der Waals surface area contributed by atoms with Gasteiger partial charge in [-0.1, -0.05) is 35.9 Å². The van der Waals surface area contributed by atoms with Crippen LogP contribution in [0.1, 0.15) is 10.1 Å². The van der Waals surface area contributed by atoms with Gasteiger partial charge in [-0.3, -0.25) is 0 Å². The predicted octanol–water partition coefficient (Wildman–Crippen LogP) is 6.94. The smallest absolute Gasteiger partial charge is 0.119 e. The fourth-order valence-corrected chi connectivity index (χ4v) is 5.12. The number of hydrogen-bond acceptors (Lipinski definition) is 4. The van der Waals surface area contributed by atoms with Crippen molar-refractivity contribution in [2.24, 2.45) is 0 Å². The second-order valence-corrected chi connectivity index (χ2v) is 8.57. The van der Waals surface area contributed by atoms with E-state index in [1.807, 2.05) is 36.4 Å². The van der Waals surface area contributed by atoms with E-state index in [1.54, 1.807) is 37.7 Å². The maximum atomic E-state index is 6.07. The van der Waals surface area contributed by atoms with Crippen LogP contribution in [0, 0.1) is 0 Å². The quantitative estimate of drug-likeness (QED) is 0.314. The van der Waals surface area contributed by atoms with E-state index in [2.05, 4.69) is 36.4 Å². The van der Waals surface area contributed by atoms with Crippen molar-refractivity contribution in [1.29, 1.82) is 0 Å². The van der Waals surface area contributed by atoms with Crippen LogP contribution in [0.3, 0.4) is 0 Å². The Morgan fingerprint density at radius 3 is 1.69 bits per heavy atom. The molecule has 3 rings (SSSR count). The summed E-state index contributed by atoms with van der Waals surface area (Å²) in [6.45, 7) is 0. The fourth-order valence-electron chi connectivity index (χ4n) is 2.38. The Balaban J connectivity index is 1.89. The first-order valence-corrected chi connectivity index (χ1v) is 10.2. The summed E-state index contributed by atoms with van der Waals surface area (Å²) in [4.78, 5) is 2.30. The van der Waals surface area contributed by atoms with Crippen LogP contribution < -0.4 is 9.47 Å². The summed E-state index contributed by atoms with van der Waals surface area (Å²) in [5.74, 6) is 1.72. The van der Waals surface area contributed by atoms with Gasteiger partial charge in [0.15, 0.2) is 0 Å². The molecule has 0 saturated heterocycles. The summed E-state index contributed by atoms with van der Waals surface area (Å²) >= 11 is 9.64. The Bertz CT molecular complexity index is 803. The van der Waals surface area contributed by atoms with Gasteiger partial charge in [-0.2, -0.15) is 0 Å². The van der Waals surface area contributed by atoms with Crippen molar-refractivity contribution < 1.29 is 9.47 Å². The minimum atomic E-state index is 0.173. The Morgan fingerprint density at radius 1 is 0.731 bits per heavy atom. The van der Waals surface area contributed by atoms with Gasteiger partial charge >= 0.3 is 0 Å². The lowest BCUT2D eigenvalue weighted by Crippen LogP contribution is -1.91. The lowest BCUT2D eigenvalue weighted by Gasteiger charge is -2.18. The maximum Gasteiger partial charge on any atom is 0.119 e. The van der Waals surface area contributed by atoms with E-state index in [-0.39, 0.29) is 4.58 Å². The molecule has 0 aromatic heterocycles. The zero-order valence-electron chi connectivity index (χ0n) is 14.5. The maximum absolute atomic E-state index is 6.07. The molecule has 0 radical (unpaired) electrons. The largest absolute Gasteiger partial charge is 0.497 e. The number of methoxy groups -OCH3 is 2. The van der Waals surface area contributed by atoms with Crippen molar-refractivity contribution in [3.63, 3.8) is 0 Å². The van der Waals surface area contributed by atoms with E-state index >= 15 is 0 Å². The molecule has 0 aliphatic heterocycles. The Hall–Kier alpha value is -1.75. The van der Waals surface area contributed by atoms with E-state index < -0.39 is 0 Å². The Labute approximate surface area is 167 Å². The number of rotatable bonds is 7. The summed E-state index contributed by atoms with van der Waals surface area (Å²) in [5.41, 5.74) is 1.20. The molecule has 0 amide bonds. The first kappa shape index (κ1) is 19.0. The summed E-state index contributed by atoms with van der Waals surface area (Å²) < 4.78 is 10.9. The van der Waals surface area contributed by atoms with Gasteiger partial charge in [0.1, 0.15) is 11.5 Å². The van der Waals surface area contributed by atoms with Gasteiger partial charge in [-0.15, -0.1) is 23.5 Å². The molecule has 0 spiro atoms. The van der Waals surface area contributed by atoms with Crippen LogP contribution in [-0.2, 0) is 0 Å². The van der Waals surface area contributed by atoms with Gasteiger partial charge in [0.25, 0.3) is 0 Å². The van der Waals surface area contributed by atoms with Gasteiger partial charge in [-0.25, -0.2) is 0 Å². The SMILES string of the molecule is COc1cccc(SC(Sc2cccc(OC)c2)c2ccc(Cl)cc2)c1. The highest BCUT2D eigenvalue weighted by Crippen LogP contribution is 2.48. The second-order valence-electron chi connectivity index (χ2n) is 5.48. The predicted molar refractivity (Wildman–Crippen MR) is 112 cm³/mol. The molecular weight excluding hydrogens is 384 g/mol. The average molecular weight is 403 g/mol. The van der Waals surface area contributed by atoms with Crippen molar-refractivity contribution in [2.75, 3.05) is 14.2 Å². The number of halogens is 1. The van der Waals surface area contributed by atoms with Gasteiger partial charge in [0.2, 0.25) is 0 Å². The molecule has 0 N–H and O–H groups in total. The molecule has 2 nitrogen and oxygen atoms in total. The molecule has 0 aliphatic carbocycles. The van der Waals surface area contributed by atoms with Crippen LogP contribution in [0.4, 0.5) is 0 Å². The molecule has 5 heteroatoms. The van der Waals surface area contributed by atoms with E-state index in [0.29, 0.717) is 0 Å². The first-order valence-electron chi connectivity index (χ1n) is 8.05. The van der Waals surface area contributed by atoms with Gasteiger partial charge < -0.3 is 9.47 Å². The topological polar surface area (TPSA) is 18.5 Å². The molecule has 0 aliphatic rings. The number of ether oxygens (including phenoxy) is 2. The minimum absolute atomic E-state index is 0.173. The molecule has 3 aromatic rings. The summed E-state index contributed by atoms with van der Waals surface area (Å²) in [5, 5.41) is 0.741.